The Morgan fingerprint density at radius 2 is 1.55 bits per heavy atom. The summed E-state index contributed by atoms with van der Waals surface area (Å²) in [6.07, 6.45) is 2.10. The molecule has 3 rings (SSSR count). The lowest BCUT2D eigenvalue weighted by molar-refractivity contribution is 0.480. The normalized spacial score (nSPS) is 15.2. The van der Waals surface area contributed by atoms with Gasteiger partial charge >= 0.3 is 0 Å². The molecule has 0 saturated carbocycles. The summed E-state index contributed by atoms with van der Waals surface area (Å²) in [5, 5.41) is 2.94. The summed E-state index contributed by atoms with van der Waals surface area (Å²) in [6, 6.07) is 13.2. The summed E-state index contributed by atoms with van der Waals surface area (Å²) >= 11 is 0. The van der Waals surface area contributed by atoms with Crippen molar-refractivity contribution in [1.29, 1.82) is 0 Å². The number of hydrogen-bond acceptors (Lipinski definition) is 1. The Hall–Kier alpha value is -1.54. The zero-order chi connectivity index (χ0) is 14.3. The third-order valence-electron chi connectivity index (χ3n) is 4.48. The number of rotatable bonds is 2. The average Bonchev–Trinajstić information content (AvgIpc) is 2.46. The lowest BCUT2D eigenvalue weighted by atomic mass is 10.1. The van der Waals surface area contributed by atoms with Gasteiger partial charge < -0.3 is 4.74 Å². The van der Waals surface area contributed by atoms with Gasteiger partial charge in [0.2, 0.25) is 0 Å². The second-order valence-electron chi connectivity index (χ2n) is 6.02. The molecule has 2 aromatic rings. The van der Waals surface area contributed by atoms with Crippen molar-refractivity contribution in [2.45, 2.75) is 39.8 Å². The lowest BCUT2D eigenvalue weighted by Crippen LogP contribution is -2.57. The molecule has 1 nitrogen and oxygen atoms in total. The molecular weight excluding hydrogens is 260 g/mol. The number of ether oxygens (including phenoxy) is 1. The monoisotopic (exact) mass is 282 g/mol. The molecule has 0 amide bonds. The van der Waals surface area contributed by atoms with Gasteiger partial charge in [0.15, 0.2) is 0 Å². The first-order chi connectivity index (χ1) is 9.59. The molecule has 0 unspecified atom stereocenters. The van der Waals surface area contributed by atoms with Gasteiger partial charge in [0.1, 0.15) is 19.6 Å². The Morgan fingerprint density at radius 3 is 2.25 bits per heavy atom. The van der Waals surface area contributed by atoms with Crippen LogP contribution in [0, 0.1) is 0 Å². The Balaban J connectivity index is 2.29. The second kappa shape index (κ2) is 4.78. The predicted molar refractivity (Wildman–Crippen MR) is 88.5 cm³/mol. The van der Waals surface area contributed by atoms with Gasteiger partial charge in [-0.05, 0) is 40.4 Å². The second-order valence-corrected chi connectivity index (χ2v) is 10.3. The SMILES string of the molecule is CCc1cccc2c1Oc1cccc(CC)c1[Si]2(C)C. The molecule has 104 valence electrons. The van der Waals surface area contributed by atoms with Crippen molar-refractivity contribution in [3.8, 4) is 11.5 Å². The van der Waals surface area contributed by atoms with Gasteiger partial charge in [0, 0.05) is 0 Å². The molecule has 1 aliphatic heterocycles. The molecule has 0 saturated heterocycles. The van der Waals surface area contributed by atoms with E-state index in [0.717, 1.165) is 24.3 Å². The topological polar surface area (TPSA) is 9.23 Å². The third kappa shape index (κ3) is 1.82. The molecule has 2 heteroatoms. The smallest absolute Gasteiger partial charge is 0.130 e. The molecule has 0 N–H and O–H groups in total. The van der Waals surface area contributed by atoms with Crippen molar-refractivity contribution >= 4 is 18.4 Å². The van der Waals surface area contributed by atoms with Crippen LogP contribution in [0.25, 0.3) is 0 Å². The Bertz CT molecular complexity index is 658. The molecular formula is C18H22OSi. The van der Waals surface area contributed by atoms with Crippen molar-refractivity contribution in [3.63, 3.8) is 0 Å². The lowest BCUT2D eigenvalue weighted by Gasteiger charge is -2.35. The summed E-state index contributed by atoms with van der Waals surface area (Å²) in [5.74, 6) is 2.22. The van der Waals surface area contributed by atoms with Crippen molar-refractivity contribution in [1.82, 2.24) is 0 Å². The van der Waals surface area contributed by atoms with Crippen molar-refractivity contribution in [2.75, 3.05) is 0 Å². The van der Waals surface area contributed by atoms with Gasteiger partial charge in [0.25, 0.3) is 0 Å². The largest absolute Gasteiger partial charge is 0.457 e. The van der Waals surface area contributed by atoms with E-state index in [1.165, 1.54) is 21.5 Å². The zero-order valence-electron chi connectivity index (χ0n) is 12.8. The van der Waals surface area contributed by atoms with Crippen LogP contribution in [0.1, 0.15) is 25.0 Å². The highest BCUT2D eigenvalue weighted by Gasteiger charge is 2.38. The van der Waals surface area contributed by atoms with Crippen LogP contribution in [0.5, 0.6) is 11.5 Å². The van der Waals surface area contributed by atoms with E-state index in [-0.39, 0.29) is 0 Å². The number of hydrogen-bond donors (Lipinski definition) is 0. The predicted octanol–water partition coefficient (Wildman–Crippen LogP) is 3.74. The summed E-state index contributed by atoms with van der Waals surface area (Å²) < 4.78 is 6.31. The van der Waals surface area contributed by atoms with E-state index < -0.39 is 8.07 Å². The van der Waals surface area contributed by atoms with Crippen LogP contribution in [-0.2, 0) is 12.8 Å². The van der Waals surface area contributed by atoms with E-state index in [4.69, 9.17) is 4.74 Å². The molecule has 0 spiro atoms. The quantitative estimate of drug-likeness (QED) is 0.763. The average molecular weight is 282 g/mol. The number of para-hydroxylation sites is 1. The van der Waals surface area contributed by atoms with Crippen LogP contribution in [0.15, 0.2) is 36.4 Å². The van der Waals surface area contributed by atoms with Crippen LogP contribution in [0.4, 0.5) is 0 Å². The van der Waals surface area contributed by atoms with Crippen LogP contribution in [0.3, 0.4) is 0 Å². The van der Waals surface area contributed by atoms with Crippen molar-refractivity contribution in [3.05, 3.63) is 47.5 Å². The van der Waals surface area contributed by atoms with E-state index in [9.17, 15) is 0 Å². The van der Waals surface area contributed by atoms with E-state index in [0.29, 0.717) is 0 Å². The Kier molecular flexibility index (Phi) is 3.21. The summed E-state index contributed by atoms with van der Waals surface area (Å²) in [4.78, 5) is 0. The van der Waals surface area contributed by atoms with E-state index in [1.807, 2.05) is 0 Å². The van der Waals surface area contributed by atoms with Crippen LogP contribution in [-0.4, -0.2) is 8.07 Å². The molecule has 1 heterocycles. The minimum atomic E-state index is -1.67. The summed E-state index contributed by atoms with van der Waals surface area (Å²) in [6.45, 7) is 9.33. The molecule has 0 bridgehead atoms. The maximum Gasteiger partial charge on any atom is 0.130 e. The molecule has 20 heavy (non-hydrogen) atoms. The molecule has 0 radical (unpaired) electrons. The highest BCUT2D eigenvalue weighted by molar-refractivity contribution is 7.02. The Morgan fingerprint density at radius 1 is 0.900 bits per heavy atom. The highest BCUT2D eigenvalue weighted by atomic mass is 28.3. The summed E-state index contributed by atoms with van der Waals surface area (Å²) in [7, 11) is -1.67. The zero-order valence-corrected chi connectivity index (χ0v) is 13.8. The van der Waals surface area contributed by atoms with Crippen molar-refractivity contribution in [2.24, 2.45) is 0 Å². The molecule has 0 aromatic heterocycles. The minimum absolute atomic E-state index is 1.02. The highest BCUT2D eigenvalue weighted by Crippen LogP contribution is 2.32. The van der Waals surface area contributed by atoms with Gasteiger partial charge in [-0.15, -0.1) is 0 Å². The van der Waals surface area contributed by atoms with Crippen molar-refractivity contribution < 1.29 is 4.74 Å². The maximum atomic E-state index is 6.31. The van der Waals surface area contributed by atoms with Gasteiger partial charge in [-0.1, -0.05) is 57.3 Å². The fourth-order valence-corrected chi connectivity index (χ4v) is 6.76. The number of aryl methyl sites for hydroxylation is 2. The van der Waals surface area contributed by atoms with E-state index >= 15 is 0 Å². The molecule has 0 aliphatic carbocycles. The van der Waals surface area contributed by atoms with Crippen LogP contribution in [0.2, 0.25) is 13.1 Å². The van der Waals surface area contributed by atoms with Gasteiger partial charge in [-0.3, -0.25) is 0 Å². The molecule has 0 atom stereocenters. The third-order valence-corrected chi connectivity index (χ3v) is 8.04. The maximum absolute atomic E-state index is 6.31. The van der Waals surface area contributed by atoms with Gasteiger partial charge in [-0.2, -0.15) is 0 Å². The molecule has 2 aromatic carbocycles. The first-order valence-electron chi connectivity index (χ1n) is 7.52. The fraction of sp³-hybridized carbons (Fsp3) is 0.333. The number of benzene rings is 2. The van der Waals surface area contributed by atoms with Crippen LogP contribution < -0.4 is 15.1 Å². The van der Waals surface area contributed by atoms with Crippen LogP contribution >= 0.6 is 0 Å². The van der Waals surface area contributed by atoms with Gasteiger partial charge in [0.05, 0.1) is 0 Å². The fourth-order valence-electron chi connectivity index (χ4n) is 3.39. The molecule has 0 fully saturated rings. The van der Waals surface area contributed by atoms with E-state index in [1.54, 1.807) is 0 Å². The number of fused-ring (bicyclic) bond motifs is 2. The minimum Gasteiger partial charge on any atom is -0.457 e. The first kappa shape index (κ1) is 13.4. The Labute approximate surface area is 122 Å². The van der Waals surface area contributed by atoms with Gasteiger partial charge in [-0.25, -0.2) is 0 Å². The molecule has 1 aliphatic rings. The van der Waals surface area contributed by atoms with E-state index in [2.05, 4.69) is 63.3 Å². The first-order valence-corrected chi connectivity index (χ1v) is 10.5. The summed E-state index contributed by atoms with van der Waals surface area (Å²) in [5.41, 5.74) is 2.78. The standard InChI is InChI=1S/C18H22OSi/c1-5-13-9-8-12-16-17(13)19-15-11-7-10-14(6-2)18(15)20(16,3)4/h7-12H,5-6H2,1-4H3.